The van der Waals surface area contributed by atoms with Crippen molar-refractivity contribution in [2.45, 2.75) is 44.9 Å². The number of anilines is 1. The molecule has 1 aromatic carbocycles. The van der Waals surface area contributed by atoms with E-state index in [9.17, 15) is 9.59 Å². The van der Waals surface area contributed by atoms with Crippen LogP contribution in [0.3, 0.4) is 0 Å². The average molecular weight is 344 g/mol. The Bertz CT molecular complexity index is 653. The number of amides is 1. The number of carbonyl (C=O) groups is 2. The molecule has 25 heavy (non-hydrogen) atoms. The maximum absolute atomic E-state index is 13.0. The second kappa shape index (κ2) is 6.79. The quantitative estimate of drug-likeness (QED) is 0.824. The lowest BCUT2D eigenvalue weighted by atomic mass is 9.67. The van der Waals surface area contributed by atoms with Crippen LogP contribution in [-0.4, -0.2) is 32.1 Å². The van der Waals surface area contributed by atoms with Gasteiger partial charge in [-0.3, -0.25) is 9.59 Å². The van der Waals surface area contributed by atoms with Crippen LogP contribution in [0.5, 0.6) is 0 Å². The first-order valence-electron chi connectivity index (χ1n) is 9.11. The summed E-state index contributed by atoms with van der Waals surface area (Å²) >= 11 is 0. The van der Waals surface area contributed by atoms with Gasteiger partial charge in [0, 0.05) is 12.2 Å². The van der Waals surface area contributed by atoms with Gasteiger partial charge in [0.25, 0.3) is 0 Å². The highest BCUT2D eigenvalue weighted by Crippen LogP contribution is 2.44. The highest BCUT2D eigenvalue weighted by atomic mass is 16.5. The highest BCUT2D eigenvalue weighted by molar-refractivity contribution is 5.96. The number of methoxy groups -OCH3 is 1. The number of nitrogens with one attached hydrogen (secondary N) is 2. The van der Waals surface area contributed by atoms with E-state index in [1.54, 1.807) is 0 Å². The zero-order valence-electron chi connectivity index (χ0n) is 15.4. The molecular weight excluding hydrogens is 316 g/mol. The lowest BCUT2D eigenvalue weighted by Gasteiger charge is -2.37. The molecule has 1 aliphatic carbocycles. The fraction of sp³-hybridized carbons (Fsp3) is 0.600. The van der Waals surface area contributed by atoms with E-state index in [1.165, 1.54) is 13.5 Å². The Hall–Kier alpha value is -1.88. The van der Waals surface area contributed by atoms with Gasteiger partial charge >= 0.3 is 5.97 Å². The molecule has 1 amide bonds. The molecule has 0 aromatic heterocycles. The topological polar surface area (TPSA) is 67.4 Å². The van der Waals surface area contributed by atoms with Gasteiger partial charge in [-0.05, 0) is 56.8 Å². The second-order valence-electron chi connectivity index (χ2n) is 7.88. The molecule has 1 aromatic rings. The van der Waals surface area contributed by atoms with Gasteiger partial charge in [-0.1, -0.05) is 25.0 Å². The molecule has 1 aliphatic heterocycles. The van der Waals surface area contributed by atoms with E-state index < -0.39 is 5.41 Å². The number of rotatable bonds is 4. The molecule has 136 valence electrons. The molecule has 2 N–H and O–H groups in total. The minimum Gasteiger partial charge on any atom is -0.468 e. The molecule has 2 fully saturated rings. The predicted octanol–water partition coefficient (Wildman–Crippen LogP) is 2.86. The molecule has 5 heteroatoms. The summed E-state index contributed by atoms with van der Waals surface area (Å²) in [6, 6.07) is 7.51. The van der Waals surface area contributed by atoms with Gasteiger partial charge in [-0.15, -0.1) is 0 Å². The molecule has 3 rings (SSSR count). The minimum absolute atomic E-state index is 0.127. The van der Waals surface area contributed by atoms with Gasteiger partial charge in [0.1, 0.15) is 0 Å². The van der Waals surface area contributed by atoms with Gasteiger partial charge in [0.15, 0.2) is 0 Å². The number of hydrogen-bond donors (Lipinski definition) is 2. The SMILES string of the molecule is COC(=O)C(C)(C)c1ccc(NC(=O)[C@@]23CCCC[C@H]2CNC3)cc1. The Labute approximate surface area is 149 Å². The maximum atomic E-state index is 13.0. The Kier molecular flexibility index (Phi) is 4.87. The molecule has 5 nitrogen and oxygen atoms in total. The van der Waals surface area contributed by atoms with Crippen molar-refractivity contribution < 1.29 is 14.3 Å². The zero-order chi connectivity index (χ0) is 18.1. The van der Waals surface area contributed by atoms with E-state index in [2.05, 4.69) is 10.6 Å². The zero-order valence-corrected chi connectivity index (χ0v) is 15.4. The van der Waals surface area contributed by atoms with Crippen LogP contribution in [0.15, 0.2) is 24.3 Å². The number of hydrogen-bond acceptors (Lipinski definition) is 4. The smallest absolute Gasteiger partial charge is 0.315 e. The van der Waals surface area contributed by atoms with Crippen LogP contribution in [-0.2, 0) is 19.7 Å². The van der Waals surface area contributed by atoms with E-state index in [1.807, 2.05) is 38.1 Å². The fourth-order valence-corrected chi connectivity index (χ4v) is 4.29. The summed E-state index contributed by atoms with van der Waals surface area (Å²) in [5.41, 5.74) is 0.677. The van der Waals surface area contributed by atoms with E-state index >= 15 is 0 Å². The molecule has 0 bridgehead atoms. The lowest BCUT2D eigenvalue weighted by Crippen LogP contribution is -2.44. The van der Waals surface area contributed by atoms with Crippen LogP contribution in [0.25, 0.3) is 0 Å². The lowest BCUT2D eigenvalue weighted by molar-refractivity contribution is -0.146. The van der Waals surface area contributed by atoms with Crippen LogP contribution in [0.1, 0.15) is 45.1 Å². The Morgan fingerprint density at radius 3 is 2.64 bits per heavy atom. The first-order chi connectivity index (χ1) is 11.9. The largest absolute Gasteiger partial charge is 0.468 e. The van der Waals surface area contributed by atoms with Gasteiger partial charge in [-0.25, -0.2) is 0 Å². The van der Waals surface area contributed by atoms with Gasteiger partial charge in [0.05, 0.1) is 17.9 Å². The first kappa shape index (κ1) is 17.9. The monoisotopic (exact) mass is 344 g/mol. The van der Waals surface area contributed by atoms with Crippen molar-refractivity contribution in [2.24, 2.45) is 11.3 Å². The molecule has 1 saturated heterocycles. The van der Waals surface area contributed by atoms with E-state index in [-0.39, 0.29) is 17.3 Å². The summed E-state index contributed by atoms with van der Waals surface area (Å²) in [5.74, 6) is 0.297. The van der Waals surface area contributed by atoms with Crippen LogP contribution >= 0.6 is 0 Å². The normalized spacial score (nSPS) is 26.0. The summed E-state index contributed by atoms with van der Waals surface area (Å²) in [6.45, 7) is 5.39. The van der Waals surface area contributed by atoms with Crippen molar-refractivity contribution in [3.63, 3.8) is 0 Å². The number of esters is 1. The van der Waals surface area contributed by atoms with E-state index in [0.29, 0.717) is 5.92 Å². The Morgan fingerprint density at radius 2 is 1.96 bits per heavy atom. The molecule has 2 atom stereocenters. The fourth-order valence-electron chi connectivity index (χ4n) is 4.29. The maximum Gasteiger partial charge on any atom is 0.315 e. The van der Waals surface area contributed by atoms with Crippen molar-refractivity contribution in [1.29, 1.82) is 0 Å². The predicted molar refractivity (Wildman–Crippen MR) is 97.4 cm³/mol. The highest BCUT2D eigenvalue weighted by Gasteiger charge is 2.49. The van der Waals surface area contributed by atoms with Crippen molar-refractivity contribution >= 4 is 17.6 Å². The third-order valence-electron chi connectivity index (χ3n) is 6.05. The standard InChI is InChI=1S/C20H28N2O3/c1-19(2,18(24)25-3)14-7-9-16(10-8-14)22-17(23)20-11-5-4-6-15(20)12-21-13-20/h7-10,15,21H,4-6,11-13H2,1-3H3,(H,22,23)/t15-,20+/m0/s1. The van der Waals surface area contributed by atoms with Gasteiger partial charge < -0.3 is 15.4 Å². The summed E-state index contributed by atoms with van der Waals surface area (Å²) in [5, 5.41) is 6.51. The first-order valence-corrected chi connectivity index (χ1v) is 9.11. The van der Waals surface area contributed by atoms with Crippen LogP contribution in [0.2, 0.25) is 0 Å². The van der Waals surface area contributed by atoms with Crippen LogP contribution < -0.4 is 10.6 Å². The van der Waals surface area contributed by atoms with Crippen molar-refractivity contribution in [2.75, 3.05) is 25.5 Å². The molecule has 0 unspecified atom stereocenters. The van der Waals surface area contributed by atoms with Crippen molar-refractivity contribution in [3.05, 3.63) is 29.8 Å². The van der Waals surface area contributed by atoms with Crippen molar-refractivity contribution in [1.82, 2.24) is 5.32 Å². The number of carbonyl (C=O) groups excluding carboxylic acids is 2. The molecular formula is C20H28N2O3. The Balaban J connectivity index is 1.73. The number of benzene rings is 1. The summed E-state index contributed by atoms with van der Waals surface area (Å²) in [6.07, 6.45) is 4.44. The summed E-state index contributed by atoms with van der Waals surface area (Å²) in [4.78, 5) is 24.9. The van der Waals surface area contributed by atoms with Gasteiger partial charge in [0.2, 0.25) is 5.91 Å². The summed E-state index contributed by atoms with van der Waals surface area (Å²) < 4.78 is 4.87. The van der Waals surface area contributed by atoms with Gasteiger partial charge in [-0.2, -0.15) is 0 Å². The van der Waals surface area contributed by atoms with Crippen LogP contribution in [0.4, 0.5) is 5.69 Å². The third kappa shape index (κ3) is 3.17. The molecule has 1 saturated carbocycles. The number of fused-ring (bicyclic) bond motifs is 1. The summed E-state index contributed by atoms with van der Waals surface area (Å²) in [7, 11) is 1.40. The van der Waals surface area contributed by atoms with Crippen LogP contribution in [0, 0.1) is 11.3 Å². The van der Waals surface area contributed by atoms with Crippen molar-refractivity contribution in [3.8, 4) is 0 Å². The minimum atomic E-state index is -0.709. The van der Waals surface area contributed by atoms with E-state index in [4.69, 9.17) is 4.74 Å². The Morgan fingerprint density at radius 1 is 1.24 bits per heavy atom. The second-order valence-corrected chi connectivity index (χ2v) is 7.88. The molecule has 2 aliphatic rings. The average Bonchev–Trinajstić information content (AvgIpc) is 3.06. The third-order valence-corrected chi connectivity index (χ3v) is 6.05. The van der Waals surface area contributed by atoms with E-state index in [0.717, 1.165) is 43.6 Å². The molecule has 1 heterocycles. The molecule has 0 radical (unpaired) electrons. The molecule has 0 spiro atoms. The number of ether oxygens (including phenoxy) is 1.